The molecule has 0 aliphatic heterocycles. The Bertz CT molecular complexity index is 3740. The fourth-order valence-electron chi connectivity index (χ4n) is 9.89. The molecule has 0 atom stereocenters. The smallest absolute Gasteiger partial charge is 0.163 e. The molecular weight excluding hydrogens is 897 g/mol. The molecule has 0 fully saturated rings. The van der Waals surface area contributed by atoms with Crippen molar-refractivity contribution in [1.82, 2.24) is 73.9 Å². The van der Waals surface area contributed by atoms with E-state index in [1.807, 2.05) is 91.8 Å². The largest absolute Gasteiger partial charge is 0.308 e. The molecule has 0 bridgehead atoms. The first kappa shape index (κ1) is 43.6. The van der Waals surface area contributed by atoms with Gasteiger partial charge in [0.15, 0.2) is 23.3 Å². The van der Waals surface area contributed by atoms with Gasteiger partial charge in [-0.15, -0.1) is 0 Å². The first-order valence-corrected chi connectivity index (χ1v) is 23.3. The number of aryl methyl sites for hydroxylation is 8. The Labute approximate surface area is 412 Å². The number of rotatable bonds is 7. The highest BCUT2D eigenvalue weighted by molar-refractivity contribution is 6.13. The van der Waals surface area contributed by atoms with Crippen molar-refractivity contribution in [3.8, 4) is 74.1 Å². The Morgan fingerprint density at radius 1 is 0.319 bits per heavy atom. The van der Waals surface area contributed by atoms with Gasteiger partial charge in [-0.25, -0.2) is 59.8 Å². The summed E-state index contributed by atoms with van der Waals surface area (Å²) in [6.45, 7) is 14.9. The van der Waals surface area contributed by atoms with Crippen LogP contribution >= 0.6 is 0 Å². The maximum Gasteiger partial charge on any atom is 0.163 e. The molecule has 0 aliphatic rings. The third-order valence-electron chi connectivity index (χ3n) is 12.7. The third kappa shape index (κ3) is 7.51. The van der Waals surface area contributed by atoms with Crippen molar-refractivity contribution < 1.29 is 0 Å². The van der Waals surface area contributed by atoms with Crippen molar-refractivity contribution in [2.24, 2.45) is 0 Å². The average Bonchev–Trinajstić information content (AvgIpc) is 3.86. The first-order valence-electron chi connectivity index (χ1n) is 23.3. The van der Waals surface area contributed by atoms with Crippen molar-refractivity contribution in [1.29, 1.82) is 5.26 Å². The van der Waals surface area contributed by atoms with E-state index in [0.717, 1.165) is 77.0 Å². The van der Waals surface area contributed by atoms with Crippen LogP contribution in [0.25, 0.3) is 112 Å². The Morgan fingerprint density at radius 2 is 0.597 bits per heavy atom. The standard InChI is InChI=1S/C56H42N16/c1-28-59-29(2)64-53(63-28)37-9-13-47-42(21-37)43-22-38(54-65-30(3)60-31(4)66-54)10-14-48(43)71(47)51-25-41(36-17-19-58-20-18-36)26-52(46(51)27-57)72-49-15-11-39(55-67-32(5)61-33(6)68-55)23-44(49)45-24-40(12-16-50(45)72)56-69-34(7)62-35(8)70-56/h9-26H,1-8H3. The molecule has 0 N–H and O–H groups in total. The van der Waals surface area contributed by atoms with E-state index in [0.29, 0.717) is 86.8 Å². The molecule has 0 radical (unpaired) electrons. The van der Waals surface area contributed by atoms with Crippen molar-refractivity contribution in [2.45, 2.75) is 55.4 Å². The Kier molecular flexibility index (Phi) is 10.2. The van der Waals surface area contributed by atoms with Crippen LogP contribution in [0, 0.1) is 66.7 Å². The number of pyridine rings is 1. The van der Waals surface area contributed by atoms with Gasteiger partial charge in [0.05, 0.1) is 33.4 Å². The highest BCUT2D eigenvalue weighted by Gasteiger charge is 2.25. The molecule has 0 saturated heterocycles. The van der Waals surface area contributed by atoms with Gasteiger partial charge in [0, 0.05) is 56.2 Å². The lowest BCUT2D eigenvalue weighted by molar-refractivity contribution is 0.928. The molecule has 0 unspecified atom stereocenters. The molecule has 5 aromatic carbocycles. The molecule has 0 spiro atoms. The summed E-state index contributed by atoms with van der Waals surface area (Å²) in [5.41, 5.74) is 10.4. The molecule has 0 aliphatic carbocycles. The van der Waals surface area contributed by atoms with Gasteiger partial charge >= 0.3 is 0 Å². The van der Waals surface area contributed by atoms with Crippen LogP contribution in [0.4, 0.5) is 0 Å². The minimum atomic E-state index is 0.451. The van der Waals surface area contributed by atoms with Gasteiger partial charge in [-0.05, 0) is 164 Å². The molecule has 7 heterocycles. The topological polar surface area (TPSA) is 201 Å². The van der Waals surface area contributed by atoms with E-state index >= 15 is 0 Å². The van der Waals surface area contributed by atoms with Crippen LogP contribution in [0.3, 0.4) is 0 Å². The van der Waals surface area contributed by atoms with Gasteiger partial charge < -0.3 is 9.13 Å². The van der Waals surface area contributed by atoms with Gasteiger partial charge in [0.1, 0.15) is 58.2 Å². The number of aromatic nitrogens is 15. The summed E-state index contributed by atoms with van der Waals surface area (Å²) in [4.78, 5) is 60.0. The molecular formula is C56H42N16. The van der Waals surface area contributed by atoms with Crippen LogP contribution in [0.2, 0.25) is 0 Å². The van der Waals surface area contributed by atoms with Gasteiger partial charge in [-0.1, -0.05) is 0 Å². The van der Waals surface area contributed by atoms with E-state index in [4.69, 9.17) is 39.9 Å². The first-order chi connectivity index (χ1) is 34.8. The normalized spacial score (nSPS) is 11.6. The van der Waals surface area contributed by atoms with E-state index in [1.165, 1.54) is 0 Å². The van der Waals surface area contributed by atoms with Crippen LogP contribution in [-0.2, 0) is 0 Å². The van der Waals surface area contributed by atoms with E-state index in [-0.39, 0.29) is 0 Å². The molecule has 7 aromatic heterocycles. The second kappa shape index (κ2) is 16.8. The summed E-state index contributed by atoms with van der Waals surface area (Å²) in [6.07, 6.45) is 3.56. The number of hydrogen-bond donors (Lipinski definition) is 0. The van der Waals surface area contributed by atoms with Crippen LogP contribution in [0.1, 0.15) is 52.2 Å². The maximum atomic E-state index is 11.7. The SMILES string of the molecule is Cc1nc(C)nc(-c2ccc3c(c2)c2cc(-c4nc(C)nc(C)n4)ccc2n3-c2cc(-c3ccncc3)cc(-n3c4ccc(-c5nc(C)nc(C)n5)cc4c4cc(-c5nc(C)nc(C)n5)ccc43)c2C#N)n1. The quantitative estimate of drug-likeness (QED) is 0.146. The van der Waals surface area contributed by atoms with Gasteiger partial charge in [-0.3, -0.25) is 4.98 Å². The maximum absolute atomic E-state index is 11.7. The summed E-state index contributed by atoms with van der Waals surface area (Å²) < 4.78 is 4.36. The van der Waals surface area contributed by atoms with Crippen molar-refractivity contribution in [3.05, 3.63) is 162 Å². The zero-order chi connectivity index (χ0) is 49.5. The number of hydrogen-bond acceptors (Lipinski definition) is 14. The monoisotopic (exact) mass is 938 g/mol. The van der Waals surface area contributed by atoms with E-state index in [9.17, 15) is 5.26 Å². The van der Waals surface area contributed by atoms with Crippen LogP contribution < -0.4 is 0 Å². The lowest BCUT2D eigenvalue weighted by Crippen LogP contribution is -2.05. The molecule has 12 rings (SSSR count). The molecule has 0 saturated carbocycles. The summed E-state index contributed by atoms with van der Waals surface area (Å²) in [5.74, 6) is 7.33. The zero-order valence-corrected chi connectivity index (χ0v) is 40.5. The van der Waals surface area contributed by atoms with Crippen LogP contribution in [0.15, 0.2) is 109 Å². The van der Waals surface area contributed by atoms with E-state index < -0.39 is 0 Å². The number of benzene rings is 5. The van der Waals surface area contributed by atoms with Crippen molar-refractivity contribution >= 4 is 43.6 Å². The minimum Gasteiger partial charge on any atom is -0.308 e. The summed E-state index contributed by atoms with van der Waals surface area (Å²) in [6, 6.07) is 35.7. The molecule has 72 heavy (non-hydrogen) atoms. The molecule has 0 amide bonds. The minimum absolute atomic E-state index is 0.451. The number of fused-ring (bicyclic) bond motifs is 6. The molecule has 16 heteroatoms. The second-order valence-corrected chi connectivity index (χ2v) is 17.8. The number of nitriles is 1. The summed E-state index contributed by atoms with van der Waals surface area (Å²) in [5, 5.41) is 15.4. The third-order valence-corrected chi connectivity index (χ3v) is 12.7. The summed E-state index contributed by atoms with van der Waals surface area (Å²) in [7, 11) is 0. The van der Waals surface area contributed by atoms with Gasteiger partial charge in [-0.2, -0.15) is 5.26 Å². The van der Waals surface area contributed by atoms with Crippen molar-refractivity contribution in [3.63, 3.8) is 0 Å². The van der Waals surface area contributed by atoms with Crippen molar-refractivity contribution in [2.75, 3.05) is 0 Å². The van der Waals surface area contributed by atoms with Crippen LogP contribution in [-0.4, -0.2) is 73.9 Å². The van der Waals surface area contributed by atoms with E-state index in [2.05, 4.69) is 101 Å². The summed E-state index contributed by atoms with van der Waals surface area (Å²) >= 11 is 0. The highest BCUT2D eigenvalue weighted by atomic mass is 15.1. The number of nitrogens with zero attached hydrogens (tertiary/aromatic N) is 16. The average molecular weight is 939 g/mol. The molecule has 12 aromatic rings. The lowest BCUT2D eigenvalue weighted by atomic mass is 10.0. The zero-order valence-electron chi connectivity index (χ0n) is 40.5. The molecule has 346 valence electrons. The fraction of sp³-hybridized carbons (Fsp3) is 0.143. The predicted molar refractivity (Wildman–Crippen MR) is 276 cm³/mol. The van der Waals surface area contributed by atoms with Gasteiger partial charge in [0.25, 0.3) is 0 Å². The Morgan fingerprint density at radius 3 is 0.861 bits per heavy atom. The lowest BCUT2D eigenvalue weighted by Gasteiger charge is -2.18. The highest BCUT2D eigenvalue weighted by Crippen LogP contribution is 2.43. The predicted octanol–water partition coefficient (Wildman–Crippen LogP) is 10.7. The Balaban J connectivity index is 1.18. The van der Waals surface area contributed by atoms with Gasteiger partial charge in [0.2, 0.25) is 0 Å². The molecule has 16 nitrogen and oxygen atoms in total. The Hall–Kier alpha value is -9.62. The van der Waals surface area contributed by atoms with E-state index in [1.54, 1.807) is 12.4 Å². The fourth-order valence-corrected chi connectivity index (χ4v) is 9.89. The van der Waals surface area contributed by atoms with Crippen LogP contribution in [0.5, 0.6) is 0 Å². The second-order valence-electron chi connectivity index (χ2n) is 17.8.